The molecule has 0 aliphatic heterocycles. The van der Waals surface area contributed by atoms with Crippen LogP contribution in [0.15, 0.2) is 43.2 Å². The summed E-state index contributed by atoms with van der Waals surface area (Å²) in [5.41, 5.74) is 1.81. The number of hydrogen-bond donors (Lipinski definition) is 0. The number of hydrogen-bond acceptors (Lipinski definition) is 5. The highest BCUT2D eigenvalue weighted by atomic mass is 32.1. The van der Waals surface area contributed by atoms with Crippen LogP contribution in [-0.4, -0.2) is 33.5 Å². The molecule has 20 heavy (non-hydrogen) atoms. The van der Waals surface area contributed by atoms with Gasteiger partial charge in [-0.25, -0.2) is 14.4 Å². The van der Waals surface area contributed by atoms with Gasteiger partial charge in [-0.1, -0.05) is 11.3 Å². The van der Waals surface area contributed by atoms with Gasteiger partial charge in [-0.3, -0.25) is 8.97 Å². The van der Waals surface area contributed by atoms with Gasteiger partial charge in [0, 0.05) is 18.6 Å². The quantitative estimate of drug-likeness (QED) is 0.470. The summed E-state index contributed by atoms with van der Waals surface area (Å²) in [5, 5.41) is 8.53. The van der Waals surface area contributed by atoms with Crippen molar-refractivity contribution in [2.75, 3.05) is 0 Å². The van der Waals surface area contributed by atoms with Gasteiger partial charge < -0.3 is 0 Å². The van der Waals surface area contributed by atoms with Crippen molar-refractivity contribution in [1.82, 2.24) is 33.5 Å². The van der Waals surface area contributed by atoms with E-state index < -0.39 is 0 Å². The molecular weight excluding hydrogens is 274 g/mol. The number of thiazole rings is 1. The lowest BCUT2D eigenvalue weighted by Crippen LogP contribution is -1.99. The van der Waals surface area contributed by atoms with Crippen molar-refractivity contribution in [2.24, 2.45) is 0 Å². The van der Waals surface area contributed by atoms with E-state index in [2.05, 4.69) is 20.2 Å². The van der Waals surface area contributed by atoms with Crippen molar-refractivity contribution in [3.63, 3.8) is 0 Å². The minimum absolute atomic E-state index is 0.723. The molecule has 0 aliphatic rings. The number of pyridine rings is 1. The van der Waals surface area contributed by atoms with Gasteiger partial charge in [-0.05, 0) is 12.1 Å². The van der Waals surface area contributed by atoms with Gasteiger partial charge in [0.15, 0.2) is 5.65 Å². The molecule has 96 valence electrons. The number of aromatic nitrogens is 7. The summed E-state index contributed by atoms with van der Waals surface area (Å²) in [6.07, 6.45) is 9.21. The summed E-state index contributed by atoms with van der Waals surface area (Å²) in [5.74, 6) is 0.723. The first-order valence-electron chi connectivity index (χ1n) is 6.00. The topological polar surface area (TPSA) is 65.3 Å². The Morgan fingerprint density at radius 2 is 2.15 bits per heavy atom. The molecule has 0 aromatic carbocycles. The summed E-state index contributed by atoms with van der Waals surface area (Å²) >= 11 is 1.58. The Labute approximate surface area is 115 Å². The molecule has 5 rings (SSSR count). The van der Waals surface area contributed by atoms with Gasteiger partial charge in [0.25, 0.3) is 0 Å². The summed E-state index contributed by atoms with van der Waals surface area (Å²) in [6, 6.07) is 3.96. The average molecular weight is 281 g/mol. The Bertz CT molecular complexity index is 1060. The molecule has 0 amide bonds. The smallest absolute Gasteiger partial charge is 0.244 e. The largest absolute Gasteiger partial charge is 0.290 e. The summed E-state index contributed by atoms with van der Waals surface area (Å²) < 4.78 is 6.94. The summed E-state index contributed by atoms with van der Waals surface area (Å²) in [4.78, 5) is 9.40. The monoisotopic (exact) mass is 281 g/mol. The Morgan fingerprint density at radius 1 is 1.15 bits per heavy atom. The Kier molecular flexibility index (Phi) is 1.73. The number of fused-ring (bicyclic) bond motifs is 4. The van der Waals surface area contributed by atoms with E-state index >= 15 is 0 Å². The number of nitrogens with zero attached hydrogens (tertiary/aromatic N) is 7. The van der Waals surface area contributed by atoms with E-state index in [1.54, 1.807) is 30.1 Å². The molecule has 5 heterocycles. The predicted molar refractivity (Wildman–Crippen MR) is 74.2 cm³/mol. The molecule has 8 heteroatoms. The van der Waals surface area contributed by atoms with Gasteiger partial charge in [0.05, 0.1) is 10.9 Å². The lowest BCUT2D eigenvalue weighted by Gasteiger charge is -1.99. The second-order valence-electron chi connectivity index (χ2n) is 4.37. The van der Waals surface area contributed by atoms with Crippen LogP contribution in [0.1, 0.15) is 0 Å². The number of imidazole rings is 2. The van der Waals surface area contributed by atoms with Crippen LogP contribution in [0.4, 0.5) is 0 Å². The molecule has 0 spiro atoms. The van der Waals surface area contributed by atoms with Gasteiger partial charge >= 0.3 is 0 Å². The highest BCUT2D eigenvalue weighted by Crippen LogP contribution is 2.26. The molecule has 0 atom stereocenters. The molecule has 0 fully saturated rings. The maximum Gasteiger partial charge on any atom is 0.244 e. The zero-order chi connectivity index (χ0) is 13.1. The zero-order valence-corrected chi connectivity index (χ0v) is 10.9. The van der Waals surface area contributed by atoms with Crippen molar-refractivity contribution in [3.8, 4) is 5.95 Å². The maximum absolute atomic E-state index is 4.44. The first kappa shape index (κ1) is 10.1. The lowest BCUT2D eigenvalue weighted by molar-refractivity contribution is 0.936. The molecule has 0 bridgehead atoms. The Morgan fingerprint density at radius 3 is 3.15 bits per heavy atom. The van der Waals surface area contributed by atoms with Crippen LogP contribution in [0.2, 0.25) is 0 Å². The second-order valence-corrected chi connectivity index (χ2v) is 5.38. The minimum Gasteiger partial charge on any atom is -0.290 e. The van der Waals surface area contributed by atoms with Crippen LogP contribution in [0.5, 0.6) is 0 Å². The van der Waals surface area contributed by atoms with E-state index in [1.165, 1.54) is 0 Å². The van der Waals surface area contributed by atoms with E-state index in [9.17, 15) is 0 Å². The molecule has 0 N–H and O–H groups in total. The zero-order valence-electron chi connectivity index (χ0n) is 10.1. The van der Waals surface area contributed by atoms with E-state index in [-0.39, 0.29) is 0 Å². The molecule has 0 saturated carbocycles. The molecule has 0 aliphatic carbocycles. The van der Waals surface area contributed by atoms with Crippen LogP contribution in [0.3, 0.4) is 0 Å². The van der Waals surface area contributed by atoms with Crippen molar-refractivity contribution in [1.29, 1.82) is 0 Å². The van der Waals surface area contributed by atoms with Crippen LogP contribution in [0.25, 0.3) is 26.9 Å². The highest BCUT2D eigenvalue weighted by Gasteiger charge is 2.15. The summed E-state index contributed by atoms with van der Waals surface area (Å²) in [7, 11) is 0. The van der Waals surface area contributed by atoms with Gasteiger partial charge in [-0.2, -0.15) is 0 Å². The van der Waals surface area contributed by atoms with Gasteiger partial charge in [-0.15, -0.1) is 10.2 Å². The fourth-order valence-electron chi connectivity index (χ4n) is 2.38. The van der Waals surface area contributed by atoms with Gasteiger partial charge in [0.1, 0.15) is 12.0 Å². The fourth-order valence-corrected chi connectivity index (χ4v) is 3.30. The Balaban J connectivity index is 1.95. The fraction of sp³-hybridized carbons (Fsp3) is 0. The molecule has 0 saturated heterocycles. The van der Waals surface area contributed by atoms with E-state index in [0.29, 0.717) is 0 Å². The molecule has 7 nitrogen and oxygen atoms in total. The molecule has 5 aromatic rings. The average Bonchev–Trinajstić information content (AvgIpc) is 3.18. The van der Waals surface area contributed by atoms with Crippen LogP contribution >= 0.6 is 11.3 Å². The van der Waals surface area contributed by atoms with Crippen molar-refractivity contribution < 1.29 is 0 Å². The third kappa shape index (κ3) is 1.14. The second kappa shape index (κ2) is 3.42. The van der Waals surface area contributed by atoms with Crippen molar-refractivity contribution in [2.45, 2.75) is 0 Å². The molecule has 0 radical (unpaired) electrons. The normalized spacial score (nSPS) is 12.0. The SMILES string of the molecule is c1cnc2c(c1)sc1nnc(-n3ccn4cncc34)n12. The van der Waals surface area contributed by atoms with E-state index in [0.717, 1.165) is 26.9 Å². The standard InChI is InChI=1S/C12H7N7S/c1-2-8-10(14-3-1)19-11(15-16-12(19)20-8)18-5-4-17-7-13-6-9(17)18/h1-7H. The first-order chi connectivity index (χ1) is 9.92. The van der Waals surface area contributed by atoms with Crippen molar-refractivity contribution >= 4 is 32.3 Å². The summed E-state index contributed by atoms with van der Waals surface area (Å²) in [6.45, 7) is 0. The third-order valence-corrected chi connectivity index (χ3v) is 4.25. The van der Waals surface area contributed by atoms with Crippen molar-refractivity contribution in [3.05, 3.63) is 43.2 Å². The van der Waals surface area contributed by atoms with Crippen LogP contribution in [-0.2, 0) is 0 Å². The lowest BCUT2D eigenvalue weighted by atomic mass is 10.5. The molecule has 5 aromatic heterocycles. The third-order valence-electron chi connectivity index (χ3n) is 3.26. The number of rotatable bonds is 1. The maximum atomic E-state index is 4.44. The Hall–Kier alpha value is -2.74. The van der Waals surface area contributed by atoms with Crippen LogP contribution in [0, 0.1) is 0 Å². The molecule has 0 unspecified atom stereocenters. The van der Waals surface area contributed by atoms with E-state index in [1.807, 2.05) is 37.9 Å². The first-order valence-corrected chi connectivity index (χ1v) is 6.81. The van der Waals surface area contributed by atoms with E-state index in [4.69, 9.17) is 0 Å². The van der Waals surface area contributed by atoms with Crippen LogP contribution < -0.4 is 0 Å². The predicted octanol–water partition coefficient (Wildman–Crippen LogP) is 1.78. The van der Waals surface area contributed by atoms with Gasteiger partial charge in [0.2, 0.25) is 10.9 Å². The minimum atomic E-state index is 0.723. The molecular formula is C12H7N7S. The highest BCUT2D eigenvalue weighted by molar-refractivity contribution is 7.23.